The summed E-state index contributed by atoms with van der Waals surface area (Å²) in [7, 11) is -2.57. The Hall–Kier alpha value is -2.30. The molecule has 1 nitrogen and oxygen atoms in total. The fourth-order valence-corrected chi connectivity index (χ4v) is 12.2. The second kappa shape index (κ2) is 9.88. The van der Waals surface area contributed by atoms with Gasteiger partial charge in [-0.1, -0.05) is 97.1 Å². The molecule has 0 aliphatic carbocycles. The molecular formula is C28H30NP2+. The summed E-state index contributed by atoms with van der Waals surface area (Å²) < 4.78 is 2.84. The van der Waals surface area contributed by atoms with Gasteiger partial charge in [-0.3, -0.25) is 0 Å². The molecule has 0 unspecified atom stereocenters. The fraction of sp³-hybridized carbons (Fsp3) is 0.143. The number of nitrogens with zero attached hydrogens (tertiary/aromatic N) is 1. The van der Waals surface area contributed by atoms with Crippen molar-refractivity contribution in [3.8, 4) is 0 Å². The number of benzene rings is 4. The van der Waals surface area contributed by atoms with Crippen LogP contribution in [-0.4, -0.2) is 17.1 Å². The third-order valence-electron chi connectivity index (χ3n) is 5.60. The molecule has 0 N–H and O–H groups in total. The molecule has 4 rings (SSSR count). The maximum absolute atomic E-state index is 2.84. The number of hydrogen-bond acceptors (Lipinski definition) is 1. The first-order chi connectivity index (χ1) is 15.1. The third-order valence-corrected chi connectivity index (χ3v) is 13.5. The van der Waals surface area contributed by atoms with Gasteiger partial charge in [0.05, 0.1) is 14.7 Å². The molecular weight excluding hydrogens is 412 g/mol. The van der Waals surface area contributed by atoms with Gasteiger partial charge in [-0.2, -0.15) is 0 Å². The second-order valence-corrected chi connectivity index (χ2v) is 13.8. The zero-order valence-corrected chi connectivity index (χ0v) is 20.3. The van der Waals surface area contributed by atoms with Crippen molar-refractivity contribution in [2.24, 2.45) is 0 Å². The summed E-state index contributed by atoms with van der Waals surface area (Å²) in [4.78, 5) is 0. The Bertz CT molecular complexity index is 988. The van der Waals surface area contributed by atoms with Gasteiger partial charge in [-0.15, -0.1) is 4.44 Å². The van der Waals surface area contributed by atoms with Crippen LogP contribution >= 0.6 is 15.5 Å². The summed E-state index contributed by atoms with van der Waals surface area (Å²) in [5.74, 6) is 0. The Kier molecular flexibility index (Phi) is 6.99. The molecule has 0 aliphatic rings. The minimum Gasteiger partial charge on any atom is -0.140 e. The summed E-state index contributed by atoms with van der Waals surface area (Å²) in [5.41, 5.74) is 0. The maximum atomic E-state index is 2.84. The molecule has 0 radical (unpaired) electrons. The lowest BCUT2D eigenvalue weighted by Gasteiger charge is -2.41. The van der Waals surface area contributed by atoms with E-state index in [1.165, 1.54) is 21.2 Å². The van der Waals surface area contributed by atoms with Crippen molar-refractivity contribution in [2.75, 3.05) is 6.66 Å². The molecule has 0 bridgehead atoms. The van der Waals surface area contributed by atoms with Crippen molar-refractivity contribution >= 4 is 36.7 Å². The Labute approximate surface area is 189 Å². The van der Waals surface area contributed by atoms with E-state index in [2.05, 4.69) is 146 Å². The van der Waals surface area contributed by atoms with E-state index in [1.807, 2.05) is 0 Å². The van der Waals surface area contributed by atoms with Crippen molar-refractivity contribution in [1.29, 1.82) is 0 Å². The monoisotopic (exact) mass is 442 g/mol. The SMILES string of the molecule is CC(C)N(P(c1ccccc1)c1ccccc1)[P+](C)(c1ccccc1)c1ccccc1. The molecule has 156 valence electrons. The quantitative estimate of drug-likeness (QED) is 0.319. The average Bonchev–Trinajstić information content (AvgIpc) is 2.84. The molecule has 0 atom stereocenters. The predicted molar refractivity (Wildman–Crippen MR) is 141 cm³/mol. The highest BCUT2D eigenvalue weighted by Gasteiger charge is 2.50. The van der Waals surface area contributed by atoms with Crippen LogP contribution < -0.4 is 21.2 Å². The molecule has 0 amide bonds. The highest BCUT2D eigenvalue weighted by Crippen LogP contribution is 2.66. The van der Waals surface area contributed by atoms with Gasteiger partial charge in [0.25, 0.3) is 0 Å². The van der Waals surface area contributed by atoms with E-state index in [0.29, 0.717) is 6.04 Å². The van der Waals surface area contributed by atoms with Gasteiger partial charge in [-0.25, -0.2) is 0 Å². The predicted octanol–water partition coefficient (Wildman–Crippen LogP) is 5.96. The second-order valence-electron chi connectivity index (χ2n) is 8.03. The summed E-state index contributed by atoms with van der Waals surface area (Å²) in [6.07, 6.45) is 0. The first-order valence-corrected chi connectivity index (χ1v) is 14.3. The zero-order valence-electron chi connectivity index (χ0n) is 18.5. The van der Waals surface area contributed by atoms with Crippen LogP contribution in [0.2, 0.25) is 0 Å². The average molecular weight is 443 g/mol. The van der Waals surface area contributed by atoms with E-state index >= 15 is 0 Å². The van der Waals surface area contributed by atoms with E-state index in [9.17, 15) is 0 Å². The topological polar surface area (TPSA) is 3.24 Å². The van der Waals surface area contributed by atoms with Crippen LogP contribution in [0.5, 0.6) is 0 Å². The molecule has 31 heavy (non-hydrogen) atoms. The molecule has 3 heteroatoms. The summed E-state index contributed by atoms with van der Waals surface area (Å²) in [6, 6.07) is 44.8. The van der Waals surface area contributed by atoms with Gasteiger partial charge in [-0.05, 0) is 48.7 Å². The van der Waals surface area contributed by atoms with Crippen LogP contribution in [0, 0.1) is 0 Å². The van der Waals surface area contributed by atoms with Crippen LogP contribution in [0.4, 0.5) is 0 Å². The summed E-state index contributed by atoms with van der Waals surface area (Å²) in [5, 5.41) is 5.65. The van der Waals surface area contributed by atoms with Crippen LogP contribution in [0.15, 0.2) is 121 Å². The van der Waals surface area contributed by atoms with Gasteiger partial charge in [0.2, 0.25) is 0 Å². The van der Waals surface area contributed by atoms with Crippen molar-refractivity contribution in [3.05, 3.63) is 121 Å². The smallest absolute Gasteiger partial charge is 0.140 e. The molecule has 0 fully saturated rings. The van der Waals surface area contributed by atoms with E-state index in [0.717, 1.165) is 0 Å². The standard InChI is InChI=1S/C28H30NP2/c1-24(2)29(30(25-16-8-4-9-17-25)26-18-10-5-11-19-26)31(3,27-20-12-6-13-21-27)28-22-14-7-15-23-28/h4-24H,1-3H3/q+1. The minimum atomic E-state index is -1.87. The van der Waals surface area contributed by atoms with Gasteiger partial charge < -0.3 is 0 Å². The highest BCUT2D eigenvalue weighted by molar-refractivity contribution is 7.94. The number of rotatable bonds is 7. The van der Waals surface area contributed by atoms with E-state index in [-0.39, 0.29) is 0 Å². The van der Waals surface area contributed by atoms with Gasteiger partial charge in [0.15, 0.2) is 0 Å². The Morgan fingerprint density at radius 2 is 0.871 bits per heavy atom. The van der Waals surface area contributed by atoms with Crippen LogP contribution in [0.1, 0.15) is 13.8 Å². The summed E-state index contributed by atoms with van der Waals surface area (Å²) in [6.45, 7) is 7.20. The first kappa shape index (κ1) is 21.9. The Balaban J connectivity index is 1.99. The van der Waals surface area contributed by atoms with Gasteiger partial charge in [0, 0.05) is 6.04 Å². The zero-order chi connectivity index (χ0) is 21.7. The molecule has 0 aromatic heterocycles. The molecule has 0 saturated heterocycles. The lowest BCUT2D eigenvalue weighted by atomic mass is 10.4. The minimum absolute atomic E-state index is 0.380. The van der Waals surface area contributed by atoms with E-state index in [1.54, 1.807) is 0 Å². The van der Waals surface area contributed by atoms with Crippen LogP contribution in [0.25, 0.3) is 0 Å². The van der Waals surface area contributed by atoms with Crippen molar-refractivity contribution in [2.45, 2.75) is 19.9 Å². The third kappa shape index (κ3) is 4.51. The van der Waals surface area contributed by atoms with Crippen molar-refractivity contribution in [1.82, 2.24) is 4.44 Å². The first-order valence-electron chi connectivity index (χ1n) is 10.8. The van der Waals surface area contributed by atoms with Gasteiger partial charge >= 0.3 is 0 Å². The largest absolute Gasteiger partial charge is 0.150 e. The van der Waals surface area contributed by atoms with Crippen molar-refractivity contribution in [3.63, 3.8) is 0 Å². The lowest BCUT2D eigenvalue weighted by Crippen LogP contribution is -2.41. The van der Waals surface area contributed by atoms with E-state index < -0.39 is 15.5 Å². The number of hydrogen-bond donors (Lipinski definition) is 0. The molecule has 0 saturated carbocycles. The van der Waals surface area contributed by atoms with Crippen molar-refractivity contribution < 1.29 is 0 Å². The van der Waals surface area contributed by atoms with Crippen LogP contribution in [0.3, 0.4) is 0 Å². The Morgan fingerprint density at radius 1 is 0.548 bits per heavy atom. The fourth-order valence-electron chi connectivity index (χ4n) is 4.22. The summed E-state index contributed by atoms with van der Waals surface area (Å²) >= 11 is 0. The molecule has 4 aromatic rings. The van der Waals surface area contributed by atoms with Crippen LogP contribution in [-0.2, 0) is 0 Å². The molecule has 0 spiro atoms. The molecule has 0 heterocycles. The lowest BCUT2D eigenvalue weighted by molar-refractivity contribution is 0.577. The van der Waals surface area contributed by atoms with E-state index in [4.69, 9.17) is 0 Å². The maximum Gasteiger partial charge on any atom is 0.150 e. The highest BCUT2D eigenvalue weighted by atomic mass is 31.2. The Morgan fingerprint density at radius 3 is 1.19 bits per heavy atom. The van der Waals surface area contributed by atoms with Gasteiger partial charge in [0.1, 0.15) is 18.0 Å². The normalized spacial score (nSPS) is 11.9. The molecule has 4 aromatic carbocycles. The molecule has 0 aliphatic heterocycles.